The van der Waals surface area contributed by atoms with Crippen molar-refractivity contribution < 1.29 is 18.0 Å². The summed E-state index contributed by atoms with van der Waals surface area (Å²) < 4.78 is 38.1. The molecule has 112 valence electrons. The third-order valence-corrected chi connectivity index (χ3v) is 4.32. The fourth-order valence-corrected chi connectivity index (χ4v) is 3.03. The van der Waals surface area contributed by atoms with Crippen molar-refractivity contribution in [3.63, 3.8) is 0 Å². The molecule has 0 spiro atoms. The van der Waals surface area contributed by atoms with Crippen molar-refractivity contribution in [3.05, 3.63) is 22.4 Å². The zero-order valence-corrected chi connectivity index (χ0v) is 12.1. The van der Waals surface area contributed by atoms with Crippen LogP contribution in [0.3, 0.4) is 0 Å². The van der Waals surface area contributed by atoms with Gasteiger partial charge in [-0.3, -0.25) is 10.1 Å². The van der Waals surface area contributed by atoms with Gasteiger partial charge in [0.15, 0.2) is 0 Å². The second-order valence-corrected chi connectivity index (χ2v) is 5.85. The number of nitrogens with zero attached hydrogens (tertiary/aromatic N) is 1. The minimum absolute atomic E-state index is 0.00173. The summed E-state index contributed by atoms with van der Waals surface area (Å²) >= 11 is 1.40. The summed E-state index contributed by atoms with van der Waals surface area (Å²) in [6.07, 6.45) is -4.34. The first kappa shape index (κ1) is 15.3. The van der Waals surface area contributed by atoms with Crippen LogP contribution >= 0.6 is 11.3 Å². The SMILES string of the molecule is CCC(C)C1NC(c2ccsc2)N(CC(F)(F)F)C1=O. The van der Waals surface area contributed by atoms with Crippen LogP contribution in [0.4, 0.5) is 13.2 Å². The lowest BCUT2D eigenvalue weighted by Crippen LogP contribution is -2.39. The summed E-state index contributed by atoms with van der Waals surface area (Å²) in [5.41, 5.74) is 0.707. The molecule has 3 atom stereocenters. The molecule has 1 saturated heterocycles. The van der Waals surface area contributed by atoms with Gasteiger partial charge in [-0.15, -0.1) is 0 Å². The molecule has 2 rings (SSSR count). The highest BCUT2D eigenvalue weighted by molar-refractivity contribution is 7.07. The van der Waals surface area contributed by atoms with Crippen LogP contribution in [0.5, 0.6) is 0 Å². The van der Waals surface area contributed by atoms with Crippen LogP contribution in [0.1, 0.15) is 32.0 Å². The number of thiophene rings is 1. The Kier molecular flexibility index (Phi) is 4.39. The van der Waals surface area contributed by atoms with Crippen LogP contribution in [0.25, 0.3) is 0 Å². The number of carbonyl (C=O) groups excluding carboxylic acids is 1. The molecule has 0 saturated carbocycles. The maximum atomic E-state index is 12.7. The Hall–Kier alpha value is -1.08. The standard InChI is InChI=1S/C13H17F3N2OS/c1-3-8(2)10-12(19)18(7-13(14,15)16)11(17-10)9-4-5-20-6-9/h4-6,8,10-11,17H,3,7H2,1-2H3. The zero-order valence-electron chi connectivity index (χ0n) is 11.3. The number of nitrogens with one attached hydrogen (secondary N) is 1. The average Bonchev–Trinajstić information content (AvgIpc) is 2.97. The van der Waals surface area contributed by atoms with Crippen LogP contribution in [-0.2, 0) is 4.79 Å². The first-order valence-corrected chi connectivity index (χ1v) is 7.43. The molecule has 0 aromatic carbocycles. The highest BCUT2D eigenvalue weighted by Crippen LogP contribution is 2.32. The van der Waals surface area contributed by atoms with E-state index in [-0.39, 0.29) is 5.92 Å². The van der Waals surface area contributed by atoms with E-state index in [1.54, 1.807) is 16.8 Å². The molecular formula is C13H17F3N2OS. The van der Waals surface area contributed by atoms with Crippen LogP contribution in [0.2, 0.25) is 0 Å². The predicted molar refractivity (Wildman–Crippen MR) is 71.2 cm³/mol. The predicted octanol–water partition coefficient (Wildman–Crippen LogP) is 3.16. The summed E-state index contributed by atoms with van der Waals surface area (Å²) in [4.78, 5) is 13.2. The minimum atomic E-state index is -4.39. The number of carbonyl (C=O) groups is 1. The van der Waals surface area contributed by atoms with Crippen LogP contribution in [0, 0.1) is 5.92 Å². The number of halogens is 3. The van der Waals surface area contributed by atoms with E-state index in [0.29, 0.717) is 5.56 Å². The van der Waals surface area contributed by atoms with E-state index in [0.717, 1.165) is 11.3 Å². The van der Waals surface area contributed by atoms with E-state index in [9.17, 15) is 18.0 Å². The Morgan fingerprint density at radius 1 is 1.50 bits per heavy atom. The van der Waals surface area contributed by atoms with Gasteiger partial charge in [0, 0.05) is 0 Å². The highest BCUT2D eigenvalue weighted by Gasteiger charge is 2.46. The Bertz CT molecular complexity index is 461. The second-order valence-electron chi connectivity index (χ2n) is 5.07. The van der Waals surface area contributed by atoms with Crippen molar-refractivity contribution >= 4 is 17.2 Å². The van der Waals surface area contributed by atoms with Gasteiger partial charge in [0.25, 0.3) is 0 Å². The maximum Gasteiger partial charge on any atom is 0.406 e. The van der Waals surface area contributed by atoms with E-state index < -0.39 is 30.8 Å². The lowest BCUT2D eigenvalue weighted by Gasteiger charge is -2.24. The van der Waals surface area contributed by atoms with Gasteiger partial charge in [0.2, 0.25) is 5.91 Å². The summed E-state index contributed by atoms with van der Waals surface area (Å²) in [7, 11) is 0. The molecule has 1 aliphatic rings. The Balaban J connectivity index is 2.26. The minimum Gasteiger partial charge on any atom is -0.312 e. The highest BCUT2D eigenvalue weighted by atomic mass is 32.1. The largest absolute Gasteiger partial charge is 0.406 e. The summed E-state index contributed by atoms with van der Waals surface area (Å²) in [6, 6.07) is 1.20. The third-order valence-electron chi connectivity index (χ3n) is 3.62. The van der Waals surface area contributed by atoms with Crippen molar-refractivity contribution in [1.29, 1.82) is 0 Å². The number of hydrogen-bond acceptors (Lipinski definition) is 3. The number of hydrogen-bond donors (Lipinski definition) is 1. The van der Waals surface area contributed by atoms with Gasteiger partial charge in [-0.25, -0.2) is 0 Å². The molecule has 1 amide bonds. The maximum absolute atomic E-state index is 12.7. The van der Waals surface area contributed by atoms with Gasteiger partial charge in [0.05, 0.1) is 6.04 Å². The molecule has 20 heavy (non-hydrogen) atoms. The monoisotopic (exact) mass is 306 g/mol. The first-order valence-electron chi connectivity index (χ1n) is 6.49. The second kappa shape index (κ2) is 5.73. The molecule has 0 radical (unpaired) electrons. The number of amides is 1. The topological polar surface area (TPSA) is 32.3 Å². The van der Waals surface area contributed by atoms with Gasteiger partial charge in [-0.1, -0.05) is 20.3 Å². The fourth-order valence-electron chi connectivity index (χ4n) is 2.35. The molecule has 0 bridgehead atoms. The average molecular weight is 306 g/mol. The molecule has 3 unspecified atom stereocenters. The zero-order chi connectivity index (χ0) is 14.9. The Morgan fingerprint density at radius 3 is 2.70 bits per heavy atom. The Labute approximate surface area is 119 Å². The number of alkyl halides is 3. The summed E-state index contributed by atoms with van der Waals surface area (Å²) in [5.74, 6) is -0.463. The molecule has 7 heteroatoms. The summed E-state index contributed by atoms with van der Waals surface area (Å²) in [5, 5.41) is 6.62. The quantitative estimate of drug-likeness (QED) is 0.927. The van der Waals surface area contributed by atoms with Crippen LogP contribution < -0.4 is 5.32 Å². The molecular weight excluding hydrogens is 289 g/mol. The summed E-state index contributed by atoms with van der Waals surface area (Å²) in [6.45, 7) is 2.58. The van der Waals surface area contributed by atoms with Crippen molar-refractivity contribution in [2.75, 3.05) is 6.54 Å². The normalized spacial score (nSPS) is 25.2. The van der Waals surface area contributed by atoms with E-state index in [4.69, 9.17) is 0 Å². The van der Waals surface area contributed by atoms with Gasteiger partial charge >= 0.3 is 6.18 Å². The van der Waals surface area contributed by atoms with E-state index in [2.05, 4.69) is 5.32 Å². The van der Waals surface area contributed by atoms with Gasteiger partial charge in [0.1, 0.15) is 12.7 Å². The van der Waals surface area contributed by atoms with Gasteiger partial charge in [-0.05, 0) is 28.3 Å². The van der Waals surface area contributed by atoms with Gasteiger partial charge < -0.3 is 4.90 Å². The van der Waals surface area contributed by atoms with E-state index in [1.165, 1.54) is 11.3 Å². The molecule has 1 aromatic rings. The Morgan fingerprint density at radius 2 is 2.20 bits per heavy atom. The lowest BCUT2D eigenvalue weighted by atomic mass is 9.99. The fraction of sp³-hybridized carbons (Fsp3) is 0.615. The molecule has 1 aromatic heterocycles. The first-order chi connectivity index (χ1) is 9.33. The van der Waals surface area contributed by atoms with Crippen molar-refractivity contribution in [2.24, 2.45) is 5.92 Å². The lowest BCUT2D eigenvalue weighted by molar-refractivity contribution is -0.162. The third kappa shape index (κ3) is 3.15. The van der Waals surface area contributed by atoms with Gasteiger partial charge in [-0.2, -0.15) is 24.5 Å². The van der Waals surface area contributed by atoms with Crippen LogP contribution in [-0.4, -0.2) is 29.6 Å². The molecule has 3 nitrogen and oxygen atoms in total. The van der Waals surface area contributed by atoms with Crippen LogP contribution in [0.15, 0.2) is 16.8 Å². The molecule has 1 N–H and O–H groups in total. The number of rotatable bonds is 4. The smallest absolute Gasteiger partial charge is 0.312 e. The van der Waals surface area contributed by atoms with Crippen molar-refractivity contribution in [2.45, 2.75) is 38.7 Å². The molecule has 2 heterocycles. The van der Waals surface area contributed by atoms with Crippen molar-refractivity contribution in [1.82, 2.24) is 10.2 Å². The molecule has 1 fully saturated rings. The molecule has 1 aliphatic heterocycles. The molecule has 0 aliphatic carbocycles. The van der Waals surface area contributed by atoms with E-state index in [1.807, 2.05) is 13.8 Å². The van der Waals surface area contributed by atoms with E-state index >= 15 is 0 Å². The van der Waals surface area contributed by atoms with Crippen molar-refractivity contribution in [3.8, 4) is 0 Å².